The van der Waals surface area contributed by atoms with Gasteiger partial charge in [-0.2, -0.15) is 0 Å². The predicted molar refractivity (Wildman–Crippen MR) is 112 cm³/mol. The van der Waals surface area contributed by atoms with Gasteiger partial charge in [0, 0.05) is 51.0 Å². The molecule has 2 atom stereocenters. The summed E-state index contributed by atoms with van der Waals surface area (Å²) in [6.07, 6.45) is 10.00. The third-order valence-corrected chi connectivity index (χ3v) is 6.21. The number of carbonyl (C=O) groups is 1. The molecular weight excluding hydrogens is 346 g/mol. The van der Waals surface area contributed by atoms with Crippen molar-refractivity contribution in [1.29, 1.82) is 0 Å². The SMILES string of the molecule is O=C(CCCCc1ccccc1)N1C[C@H]2CC[C@@H]1CN(Cc1ccncc1)C2. The van der Waals surface area contributed by atoms with Gasteiger partial charge in [-0.15, -0.1) is 0 Å². The van der Waals surface area contributed by atoms with Gasteiger partial charge in [-0.25, -0.2) is 0 Å². The smallest absolute Gasteiger partial charge is 0.222 e. The molecule has 1 aromatic heterocycles. The van der Waals surface area contributed by atoms with E-state index in [0.29, 0.717) is 24.3 Å². The molecule has 1 aromatic carbocycles. The van der Waals surface area contributed by atoms with E-state index < -0.39 is 0 Å². The first-order valence-corrected chi connectivity index (χ1v) is 10.7. The summed E-state index contributed by atoms with van der Waals surface area (Å²) >= 11 is 0. The molecule has 0 radical (unpaired) electrons. The molecule has 5 rings (SSSR count). The quantitative estimate of drug-likeness (QED) is 0.686. The molecule has 0 saturated carbocycles. The summed E-state index contributed by atoms with van der Waals surface area (Å²) in [6, 6.07) is 15.2. The second kappa shape index (κ2) is 9.33. The van der Waals surface area contributed by atoms with Gasteiger partial charge < -0.3 is 4.90 Å². The van der Waals surface area contributed by atoms with Gasteiger partial charge >= 0.3 is 0 Å². The Morgan fingerprint density at radius 3 is 2.57 bits per heavy atom. The second-order valence-corrected chi connectivity index (χ2v) is 8.39. The fourth-order valence-electron chi connectivity index (χ4n) is 4.75. The molecule has 3 fully saturated rings. The standard InChI is InChI=1S/C24H31N3O/c28-24(9-5-4-8-20-6-2-1-3-7-20)27-18-22-10-11-23(27)19-26(17-22)16-21-12-14-25-15-13-21/h1-3,6-7,12-15,22-23H,4-5,8-11,16-19H2/t22-,23+/m0/s1. The summed E-state index contributed by atoms with van der Waals surface area (Å²) in [5.41, 5.74) is 2.69. The first-order valence-electron chi connectivity index (χ1n) is 10.7. The summed E-state index contributed by atoms with van der Waals surface area (Å²) in [5.74, 6) is 0.988. The maximum absolute atomic E-state index is 12.9. The zero-order valence-corrected chi connectivity index (χ0v) is 16.7. The van der Waals surface area contributed by atoms with Crippen molar-refractivity contribution in [2.45, 2.75) is 51.1 Å². The van der Waals surface area contributed by atoms with Crippen LogP contribution in [0.3, 0.4) is 0 Å². The number of nitrogens with zero attached hydrogens (tertiary/aromatic N) is 3. The molecule has 148 valence electrons. The average Bonchev–Trinajstić information content (AvgIpc) is 3.03. The lowest BCUT2D eigenvalue weighted by atomic mass is 9.94. The number of piperidine rings is 1. The van der Waals surface area contributed by atoms with Crippen LogP contribution in [-0.4, -0.2) is 46.4 Å². The number of amides is 1. The van der Waals surface area contributed by atoms with Crippen molar-refractivity contribution in [2.24, 2.45) is 5.92 Å². The molecule has 4 nitrogen and oxygen atoms in total. The van der Waals surface area contributed by atoms with Crippen LogP contribution in [0.1, 0.15) is 43.2 Å². The van der Waals surface area contributed by atoms with Gasteiger partial charge in [0.05, 0.1) is 0 Å². The Labute approximate surface area is 168 Å². The Morgan fingerprint density at radius 2 is 1.75 bits per heavy atom. The molecule has 1 amide bonds. The zero-order valence-electron chi connectivity index (χ0n) is 16.7. The fourth-order valence-corrected chi connectivity index (χ4v) is 4.75. The van der Waals surface area contributed by atoms with Crippen molar-refractivity contribution < 1.29 is 4.79 Å². The van der Waals surface area contributed by atoms with Crippen LogP contribution in [0, 0.1) is 5.92 Å². The molecule has 0 N–H and O–H groups in total. The van der Waals surface area contributed by atoms with E-state index in [2.05, 4.69) is 57.2 Å². The van der Waals surface area contributed by atoms with Crippen LogP contribution in [0.4, 0.5) is 0 Å². The van der Waals surface area contributed by atoms with Crippen molar-refractivity contribution in [3.63, 3.8) is 0 Å². The third-order valence-electron chi connectivity index (χ3n) is 6.21. The van der Waals surface area contributed by atoms with Crippen LogP contribution in [0.25, 0.3) is 0 Å². The number of pyridine rings is 1. The molecule has 28 heavy (non-hydrogen) atoms. The van der Waals surface area contributed by atoms with E-state index in [1.165, 1.54) is 17.5 Å². The number of fused-ring (bicyclic) bond motifs is 4. The molecule has 4 heteroatoms. The van der Waals surface area contributed by atoms with Gasteiger partial charge in [-0.3, -0.25) is 14.7 Å². The lowest BCUT2D eigenvalue weighted by Crippen LogP contribution is -2.47. The number of benzene rings is 1. The number of unbranched alkanes of at least 4 members (excludes halogenated alkanes) is 1. The Bertz CT molecular complexity index is 749. The highest BCUT2D eigenvalue weighted by atomic mass is 16.2. The molecule has 3 saturated heterocycles. The Kier molecular flexibility index (Phi) is 6.38. The minimum atomic E-state index is 0.369. The highest BCUT2D eigenvalue weighted by molar-refractivity contribution is 5.76. The number of carbonyl (C=O) groups excluding carboxylic acids is 1. The van der Waals surface area contributed by atoms with Gasteiger partial charge in [-0.1, -0.05) is 30.3 Å². The summed E-state index contributed by atoms with van der Waals surface area (Å²) in [6.45, 7) is 4.04. The maximum Gasteiger partial charge on any atom is 0.222 e. The summed E-state index contributed by atoms with van der Waals surface area (Å²) in [4.78, 5) is 21.8. The Balaban J connectivity index is 1.27. The van der Waals surface area contributed by atoms with E-state index in [0.717, 1.165) is 51.9 Å². The number of aryl methyl sites for hydroxylation is 1. The lowest BCUT2D eigenvalue weighted by molar-refractivity contribution is -0.135. The zero-order chi connectivity index (χ0) is 19.2. The molecule has 3 aliphatic rings. The molecule has 2 bridgehead atoms. The molecular formula is C24H31N3O. The highest BCUT2D eigenvalue weighted by Crippen LogP contribution is 2.29. The largest absolute Gasteiger partial charge is 0.338 e. The van der Waals surface area contributed by atoms with E-state index >= 15 is 0 Å². The topological polar surface area (TPSA) is 36.4 Å². The highest BCUT2D eigenvalue weighted by Gasteiger charge is 2.36. The van der Waals surface area contributed by atoms with E-state index in [4.69, 9.17) is 0 Å². The van der Waals surface area contributed by atoms with Crippen LogP contribution in [0.15, 0.2) is 54.9 Å². The Hall–Kier alpha value is -2.20. The molecule has 0 spiro atoms. The first kappa shape index (κ1) is 19.1. The molecule has 4 heterocycles. The van der Waals surface area contributed by atoms with Gasteiger partial charge in [0.2, 0.25) is 5.91 Å². The van der Waals surface area contributed by atoms with Crippen molar-refractivity contribution in [3.8, 4) is 0 Å². The van der Waals surface area contributed by atoms with Gasteiger partial charge in [-0.05, 0) is 61.3 Å². The predicted octanol–water partition coefficient (Wildman–Crippen LogP) is 3.92. The summed E-state index contributed by atoms with van der Waals surface area (Å²) in [5, 5.41) is 0. The minimum absolute atomic E-state index is 0.369. The Morgan fingerprint density at radius 1 is 0.929 bits per heavy atom. The van der Waals surface area contributed by atoms with Crippen molar-refractivity contribution in [1.82, 2.24) is 14.8 Å². The van der Waals surface area contributed by atoms with Crippen LogP contribution >= 0.6 is 0 Å². The molecule has 0 aliphatic carbocycles. The van der Waals surface area contributed by atoms with E-state index in [1.807, 2.05) is 12.4 Å². The monoisotopic (exact) mass is 377 g/mol. The van der Waals surface area contributed by atoms with Crippen LogP contribution < -0.4 is 0 Å². The second-order valence-electron chi connectivity index (χ2n) is 8.39. The van der Waals surface area contributed by atoms with Gasteiger partial charge in [0.1, 0.15) is 0 Å². The summed E-state index contributed by atoms with van der Waals surface area (Å²) < 4.78 is 0. The van der Waals surface area contributed by atoms with Gasteiger partial charge in [0.15, 0.2) is 0 Å². The molecule has 3 aliphatic heterocycles. The van der Waals surface area contributed by atoms with Crippen LogP contribution in [0.5, 0.6) is 0 Å². The summed E-state index contributed by atoms with van der Waals surface area (Å²) in [7, 11) is 0. The van der Waals surface area contributed by atoms with Gasteiger partial charge in [0.25, 0.3) is 0 Å². The van der Waals surface area contributed by atoms with Crippen molar-refractivity contribution >= 4 is 5.91 Å². The number of aromatic nitrogens is 1. The normalized spacial score (nSPS) is 22.2. The molecule has 2 aromatic rings. The lowest BCUT2D eigenvalue weighted by Gasteiger charge is -2.36. The van der Waals surface area contributed by atoms with E-state index in [1.54, 1.807) is 0 Å². The number of hydrogen-bond donors (Lipinski definition) is 0. The number of rotatable bonds is 7. The maximum atomic E-state index is 12.9. The van der Waals surface area contributed by atoms with E-state index in [9.17, 15) is 4.79 Å². The number of hydrogen-bond acceptors (Lipinski definition) is 3. The van der Waals surface area contributed by atoms with E-state index in [-0.39, 0.29) is 0 Å². The molecule has 0 unspecified atom stereocenters. The third kappa shape index (κ3) is 4.99. The van der Waals surface area contributed by atoms with Crippen molar-refractivity contribution in [2.75, 3.05) is 19.6 Å². The minimum Gasteiger partial charge on any atom is -0.338 e. The average molecular weight is 378 g/mol. The van der Waals surface area contributed by atoms with Crippen LogP contribution in [0.2, 0.25) is 0 Å². The fraction of sp³-hybridized carbons (Fsp3) is 0.500. The van der Waals surface area contributed by atoms with Crippen molar-refractivity contribution in [3.05, 3.63) is 66.0 Å². The first-order chi connectivity index (χ1) is 13.8. The van der Waals surface area contributed by atoms with Crippen LogP contribution in [-0.2, 0) is 17.8 Å².